The minimum Gasteiger partial charge on any atom is -0.394 e. The van der Waals surface area contributed by atoms with Gasteiger partial charge < -0.3 is 40.1 Å². The standard InChI is InChI=1S/C11H23O9P/c12-6-7-8(13)9(14)10(15)11(16,20-7)4-2-1-3-5-21(17,18)19/h7-10,12-16H,1-6H2,(H2,17,18,19)/t7-,8-,9+,10-,11-/m1/s1. The molecule has 1 fully saturated rings. The summed E-state index contributed by atoms with van der Waals surface area (Å²) in [4.78, 5) is 17.4. The number of rotatable bonds is 7. The Kier molecular flexibility index (Phi) is 6.73. The van der Waals surface area contributed by atoms with Crippen LogP contribution in [0.3, 0.4) is 0 Å². The summed E-state index contributed by atoms with van der Waals surface area (Å²) in [7, 11) is -4.05. The highest BCUT2D eigenvalue weighted by molar-refractivity contribution is 7.51. The van der Waals surface area contributed by atoms with Crippen molar-refractivity contribution < 1.29 is 44.6 Å². The minimum absolute atomic E-state index is 0.102. The normalized spacial score (nSPS) is 37.7. The van der Waals surface area contributed by atoms with Crippen molar-refractivity contribution >= 4 is 7.60 Å². The molecule has 5 atom stereocenters. The van der Waals surface area contributed by atoms with Crippen LogP contribution in [-0.4, -0.2) is 78.3 Å². The van der Waals surface area contributed by atoms with Crippen molar-refractivity contribution in [3.63, 3.8) is 0 Å². The van der Waals surface area contributed by atoms with Gasteiger partial charge in [-0.05, 0) is 12.8 Å². The molecule has 9 nitrogen and oxygen atoms in total. The molecule has 0 bridgehead atoms. The predicted octanol–water partition coefficient (Wildman–Crippen LogP) is -2.11. The number of aliphatic hydroxyl groups is 5. The van der Waals surface area contributed by atoms with E-state index in [1.165, 1.54) is 0 Å². The third kappa shape index (κ3) is 5.24. The van der Waals surface area contributed by atoms with Crippen LogP contribution < -0.4 is 0 Å². The lowest BCUT2D eigenvalue weighted by molar-refractivity contribution is -0.351. The Morgan fingerprint density at radius 2 is 1.67 bits per heavy atom. The molecule has 0 aliphatic carbocycles. The van der Waals surface area contributed by atoms with Gasteiger partial charge in [0.2, 0.25) is 0 Å². The van der Waals surface area contributed by atoms with Crippen LogP contribution >= 0.6 is 7.60 Å². The summed E-state index contributed by atoms with van der Waals surface area (Å²) in [5.41, 5.74) is 0. The first kappa shape index (κ1) is 19.0. The maximum absolute atomic E-state index is 10.7. The maximum atomic E-state index is 10.7. The molecule has 10 heteroatoms. The van der Waals surface area contributed by atoms with Crippen LogP contribution in [0, 0.1) is 0 Å². The fourth-order valence-electron chi connectivity index (χ4n) is 2.30. The average Bonchev–Trinajstić information content (AvgIpc) is 2.39. The van der Waals surface area contributed by atoms with E-state index in [2.05, 4.69) is 0 Å². The van der Waals surface area contributed by atoms with Crippen molar-refractivity contribution in [3.05, 3.63) is 0 Å². The number of hydrogen-bond acceptors (Lipinski definition) is 7. The van der Waals surface area contributed by atoms with Gasteiger partial charge in [0.15, 0.2) is 5.79 Å². The fraction of sp³-hybridized carbons (Fsp3) is 1.00. The molecule has 0 radical (unpaired) electrons. The molecule has 0 amide bonds. The zero-order valence-corrected chi connectivity index (χ0v) is 12.3. The lowest BCUT2D eigenvalue weighted by Gasteiger charge is -2.45. The SMILES string of the molecule is O=P(O)(O)CCCCC[C@@]1(O)O[C@H](CO)[C@@H](O)[C@H](O)[C@H]1O. The molecule has 0 aromatic heterocycles. The highest BCUT2D eigenvalue weighted by Crippen LogP contribution is 2.36. The molecule has 1 heterocycles. The van der Waals surface area contributed by atoms with Crippen LogP contribution in [0.2, 0.25) is 0 Å². The predicted molar refractivity (Wildman–Crippen MR) is 70.3 cm³/mol. The maximum Gasteiger partial charge on any atom is 0.325 e. The molecule has 1 aliphatic rings. The molecule has 1 saturated heterocycles. The Morgan fingerprint density at radius 1 is 1.05 bits per heavy atom. The first-order valence-electron chi connectivity index (χ1n) is 6.70. The molecule has 0 saturated carbocycles. The van der Waals surface area contributed by atoms with Gasteiger partial charge in [-0.3, -0.25) is 4.57 Å². The summed E-state index contributed by atoms with van der Waals surface area (Å²) >= 11 is 0. The summed E-state index contributed by atoms with van der Waals surface area (Å²) < 4.78 is 15.7. The first-order chi connectivity index (χ1) is 9.60. The van der Waals surface area contributed by atoms with Crippen LogP contribution in [0.5, 0.6) is 0 Å². The van der Waals surface area contributed by atoms with Crippen molar-refractivity contribution in [1.29, 1.82) is 0 Å². The third-order valence-corrected chi connectivity index (χ3v) is 4.44. The van der Waals surface area contributed by atoms with Gasteiger partial charge in [-0.25, -0.2) is 0 Å². The number of hydrogen-bond donors (Lipinski definition) is 7. The van der Waals surface area contributed by atoms with Crippen molar-refractivity contribution in [2.45, 2.75) is 55.9 Å². The number of unbranched alkanes of at least 4 members (excludes halogenated alkanes) is 2. The molecular formula is C11H23O9P. The van der Waals surface area contributed by atoms with Gasteiger partial charge in [-0.15, -0.1) is 0 Å². The Bertz CT molecular complexity index is 371. The topological polar surface area (TPSA) is 168 Å². The van der Waals surface area contributed by atoms with Crippen LogP contribution in [0.15, 0.2) is 0 Å². The third-order valence-electron chi connectivity index (χ3n) is 3.54. The van der Waals surface area contributed by atoms with Crippen molar-refractivity contribution in [1.82, 2.24) is 0 Å². The lowest BCUT2D eigenvalue weighted by atomic mass is 9.89. The van der Waals surface area contributed by atoms with E-state index >= 15 is 0 Å². The van der Waals surface area contributed by atoms with Crippen molar-refractivity contribution in [2.24, 2.45) is 0 Å². The summed E-state index contributed by atoms with van der Waals surface area (Å²) in [5, 5.41) is 48.2. The van der Waals surface area contributed by atoms with Crippen LogP contribution in [-0.2, 0) is 9.30 Å². The molecule has 0 spiro atoms. The fourth-order valence-corrected chi connectivity index (χ4v) is 2.94. The smallest absolute Gasteiger partial charge is 0.325 e. The van der Waals surface area contributed by atoms with E-state index in [1.807, 2.05) is 0 Å². The second-order valence-electron chi connectivity index (χ2n) is 5.31. The van der Waals surface area contributed by atoms with E-state index in [4.69, 9.17) is 19.6 Å². The van der Waals surface area contributed by atoms with E-state index in [0.717, 1.165) is 0 Å². The average molecular weight is 330 g/mol. The van der Waals surface area contributed by atoms with Crippen molar-refractivity contribution in [3.8, 4) is 0 Å². The molecule has 0 aromatic rings. The van der Waals surface area contributed by atoms with Gasteiger partial charge >= 0.3 is 7.60 Å². The van der Waals surface area contributed by atoms with Crippen molar-refractivity contribution in [2.75, 3.05) is 12.8 Å². The number of aliphatic hydroxyl groups excluding tert-OH is 4. The summed E-state index contributed by atoms with van der Waals surface area (Å²) in [6.07, 6.45) is -5.59. The van der Waals surface area contributed by atoms with Crippen LogP contribution in [0.1, 0.15) is 25.7 Å². The van der Waals surface area contributed by atoms with Crippen LogP contribution in [0.4, 0.5) is 0 Å². The molecular weight excluding hydrogens is 307 g/mol. The van der Waals surface area contributed by atoms with Gasteiger partial charge in [0.05, 0.1) is 6.61 Å². The zero-order valence-electron chi connectivity index (χ0n) is 11.4. The Hall–Kier alpha value is -0.0900. The van der Waals surface area contributed by atoms with E-state index in [0.29, 0.717) is 6.42 Å². The summed E-state index contributed by atoms with van der Waals surface area (Å²) in [6.45, 7) is -0.633. The molecule has 21 heavy (non-hydrogen) atoms. The van der Waals surface area contributed by atoms with E-state index in [9.17, 15) is 25.0 Å². The quantitative estimate of drug-likeness (QED) is 0.204. The van der Waals surface area contributed by atoms with Gasteiger partial charge in [0.1, 0.15) is 24.4 Å². The molecule has 7 N–H and O–H groups in total. The summed E-state index contributed by atoms with van der Waals surface area (Å²) in [6, 6.07) is 0. The summed E-state index contributed by atoms with van der Waals surface area (Å²) in [5.74, 6) is -2.12. The van der Waals surface area contributed by atoms with E-state index < -0.39 is 44.4 Å². The molecule has 126 valence electrons. The highest BCUT2D eigenvalue weighted by atomic mass is 31.2. The monoisotopic (exact) mass is 330 g/mol. The Labute approximate surface area is 122 Å². The van der Waals surface area contributed by atoms with E-state index in [-0.39, 0.29) is 25.4 Å². The zero-order chi connectivity index (χ0) is 16.3. The first-order valence-corrected chi connectivity index (χ1v) is 8.50. The second-order valence-corrected chi connectivity index (χ2v) is 7.09. The second kappa shape index (κ2) is 7.45. The van der Waals surface area contributed by atoms with E-state index in [1.54, 1.807) is 0 Å². The Balaban J connectivity index is 2.49. The highest BCUT2D eigenvalue weighted by Gasteiger charge is 2.51. The van der Waals surface area contributed by atoms with Gasteiger partial charge in [-0.1, -0.05) is 6.42 Å². The van der Waals surface area contributed by atoms with Gasteiger partial charge in [-0.2, -0.15) is 0 Å². The Morgan fingerprint density at radius 3 is 2.19 bits per heavy atom. The van der Waals surface area contributed by atoms with Gasteiger partial charge in [0, 0.05) is 12.6 Å². The molecule has 0 aromatic carbocycles. The number of ether oxygens (including phenoxy) is 1. The molecule has 1 aliphatic heterocycles. The van der Waals surface area contributed by atoms with Crippen LogP contribution in [0.25, 0.3) is 0 Å². The molecule has 1 rings (SSSR count). The minimum atomic E-state index is -4.05. The lowest BCUT2D eigenvalue weighted by Crippen LogP contribution is -2.65. The largest absolute Gasteiger partial charge is 0.394 e. The molecule has 0 unspecified atom stereocenters. The van der Waals surface area contributed by atoms with Gasteiger partial charge in [0.25, 0.3) is 0 Å².